The predicted molar refractivity (Wildman–Crippen MR) is 105 cm³/mol. The van der Waals surface area contributed by atoms with Crippen molar-refractivity contribution < 1.29 is 9.59 Å². The van der Waals surface area contributed by atoms with Crippen molar-refractivity contribution in [3.05, 3.63) is 54.5 Å². The third-order valence-electron chi connectivity index (χ3n) is 4.77. The maximum atomic E-state index is 12.8. The lowest BCUT2D eigenvalue weighted by Crippen LogP contribution is -2.50. The molecule has 2 amide bonds. The van der Waals surface area contributed by atoms with E-state index in [0.29, 0.717) is 37.8 Å². The fourth-order valence-electron chi connectivity index (χ4n) is 3.25. The zero-order chi connectivity index (χ0) is 19.5. The van der Waals surface area contributed by atoms with Gasteiger partial charge in [-0.05, 0) is 18.2 Å². The van der Waals surface area contributed by atoms with Crippen LogP contribution in [0.1, 0.15) is 17.4 Å². The summed E-state index contributed by atoms with van der Waals surface area (Å²) in [7, 11) is 0. The van der Waals surface area contributed by atoms with Crippen LogP contribution in [0.3, 0.4) is 0 Å². The summed E-state index contributed by atoms with van der Waals surface area (Å²) in [5.74, 6) is 0.209. The molecule has 0 aliphatic carbocycles. The molecule has 3 aromatic rings. The van der Waals surface area contributed by atoms with E-state index in [1.54, 1.807) is 35.2 Å². The van der Waals surface area contributed by atoms with Gasteiger partial charge in [-0.3, -0.25) is 14.6 Å². The fourth-order valence-corrected chi connectivity index (χ4v) is 3.25. The van der Waals surface area contributed by atoms with E-state index >= 15 is 0 Å². The van der Waals surface area contributed by atoms with Gasteiger partial charge in [-0.25, -0.2) is 9.97 Å². The first-order valence-corrected chi connectivity index (χ1v) is 9.10. The van der Waals surface area contributed by atoms with Crippen molar-refractivity contribution in [1.29, 1.82) is 0 Å². The lowest BCUT2D eigenvalue weighted by molar-refractivity contribution is -0.130. The summed E-state index contributed by atoms with van der Waals surface area (Å²) in [4.78, 5) is 40.7. The monoisotopic (exact) mass is 376 g/mol. The summed E-state index contributed by atoms with van der Waals surface area (Å²) in [5.41, 5.74) is 1.91. The van der Waals surface area contributed by atoms with Gasteiger partial charge in [0.15, 0.2) is 0 Å². The largest absolute Gasteiger partial charge is 0.339 e. The Labute approximate surface area is 162 Å². The van der Waals surface area contributed by atoms with Gasteiger partial charge in [-0.15, -0.1) is 0 Å². The number of piperazine rings is 1. The molecule has 4 rings (SSSR count). The standard InChI is InChI=1S/C20H20N6O2/c1-14(27)25-10-12-26(13-11-25)19(28)17-7-9-22-20(24-17)23-16-6-2-4-15-5-3-8-21-18(15)16/h2-9H,10-13H2,1H3,(H,22,23,24). The second-order valence-electron chi connectivity index (χ2n) is 6.57. The van der Waals surface area contributed by atoms with Crippen LogP contribution in [0.4, 0.5) is 11.6 Å². The summed E-state index contributed by atoms with van der Waals surface area (Å²) in [6, 6.07) is 11.3. The third-order valence-corrected chi connectivity index (χ3v) is 4.77. The Morgan fingerprint density at radius 3 is 2.46 bits per heavy atom. The van der Waals surface area contributed by atoms with E-state index in [4.69, 9.17) is 0 Å². The zero-order valence-corrected chi connectivity index (χ0v) is 15.5. The van der Waals surface area contributed by atoms with Crippen LogP contribution in [0, 0.1) is 0 Å². The number of hydrogen-bond donors (Lipinski definition) is 1. The van der Waals surface area contributed by atoms with Crippen molar-refractivity contribution in [3.63, 3.8) is 0 Å². The maximum absolute atomic E-state index is 12.8. The minimum Gasteiger partial charge on any atom is -0.339 e. The number of nitrogens with one attached hydrogen (secondary N) is 1. The number of para-hydroxylation sites is 1. The molecule has 0 saturated carbocycles. The molecule has 8 heteroatoms. The minimum absolute atomic E-state index is 0.0318. The van der Waals surface area contributed by atoms with Crippen molar-refractivity contribution >= 4 is 34.4 Å². The molecule has 0 bridgehead atoms. The summed E-state index contributed by atoms with van der Waals surface area (Å²) in [5, 5.41) is 4.16. The Bertz CT molecular complexity index is 1020. The molecule has 1 aliphatic heterocycles. The third kappa shape index (κ3) is 3.62. The Balaban J connectivity index is 1.52. The number of amides is 2. The van der Waals surface area contributed by atoms with Crippen LogP contribution in [0.2, 0.25) is 0 Å². The van der Waals surface area contributed by atoms with Crippen molar-refractivity contribution in [2.75, 3.05) is 31.5 Å². The van der Waals surface area contributed by atoms with Gasteiger partial charge < -0.3 is 15.1 Å². The van der Waals surface area contributed by atoms with E-state index in [1.165, 1.54) is 0 Å². The van der Waals surface area contributed by atoms with Crippen LogP contribution in [0.15, 0.2) is 48.8 Å². The van der Waals surface area contributed by atoms with Gasteiger partial charge in [-0.2, -0.15) is 0 Å². The molecule has 0 spiro atoms. The summed E-state index contributed by atoms with van der Waals surface area (Å²) in [6.45, 7) is 3.62. The van der Waals surface area contributed by atoms with E-state index in [9.17, 15) is 9.59 Å². The first kappa shape index (κ1) is 17.8. The van der Waals surface area contributed by atoms with Crippen LogP contribution >= 0.6 is 0 Å². The van der Waals surface area contributed by atoms with Crippen molar-refractivity contribution in [2.24, 2.45) is 0 Å². The van der Waals surface area contributed by atoms with Crippen molar-refractivity contribution in [2.45, 2.75) is 6.92 Å². The molecular formula is C20H20N6O2. The molecule has 0 radical (unpaired) electrons. The zero-order valence-electron chi connectivity index (χ0n) is 15.5. The number of hydrogen-bond acceptors (Lipinski definition) is 6. The molecule has 2 aromatic heterocycles. The van der Waals surface area contributed by atoms with E-state index in [-0.39, 0.29) is 11.8 Å². The smallest absolute Gasteiger partial charge is 0.272 e. The molecule has 0 atom stereocenters. The highest BCUT2D eigenvalue weighted by atomic mass is 16.2. The first-order valence-electron chi connectivity index (χ1n) is 9.10. The van der Waals surface area contributed by atoms with Gasteiger partial charge >= 0.3 is 0 Å². The quantitative estimate of drug-likeness (QED) is 0.752. The highest BCUT2D eigenvalue weighted by Crippen LogP contribution is 2.23. The van der Waals surface area contributed by atoms with Crippen LogP contribution in [-0.2, 0) is 4.79 Å². The number of fused-ring (bicyclic) bond motifs is 1. The number of aromatic nitrogens is 3. The summed E-state index contributed by atoms with van der Waals surface area (Å²) >= 11 is 0. The lowest BCUT2D eigenvalue weighted by Gasteiger charge is -2.34. The molecule has 1 saturated heterocycles. The first-order chi connectivity index (χ1) is 13.6. The summed E-state index contributed by atoms with van der Waals surface area (Å²) < 4.78 is 0. The number of pyridine rings is 1. The number of nitrogens with zero attached hydrogens (tertiary/aromatic N) is 5. The molecule has 0 unspecified atom stereocenters. The Hall–Kier alpha value is -3.55. The van der Waals surface area contributed by atoms with E-state index in [1.807, 2.05) is 30.3 Å². The molecule has 142 valence electrons. The van der Waals surface area contributed by atoms with Gasteiger partial charge in [0.1, 0.15) is 5.69 Å². The van der Waals surface area contributed by atoms with Crippen molar-refractivity contribution in [3.8, 4) is 0 Å². The van der Waals surface area contributed by atoms with E-state index in [2.05, 4.69) is 20.3 Å². The molecule has 1 aliphatic rings. The predicted octanol–water partition coefficient (Wildman–Crippen LogP) is 2.07. The van der Waals surface area contributed by atoms with Gasteiger partial charge in [0.2, 0.25) is 11.9 Å². The molecule has 1 aromatic carbocycles. The van der Waals surface area contributed by atoms with Gasteiger partial charge in [0.05, 0.1) is 11.2 Å². The molecule has 1 fully saturated rings. The molecule has 8 nitrogen and oxygen atoms in total. The number of benzene rings is 1. The second-order valence-corrected chi connectivity index (χ2v) is 6.57. The molecule has 28 heavy (non-hydrogen) atoms. The van der Waals surface area contributed by atoms with E-state index < -0.39 is 0 Å². The second kappa shape index (κ2) is 7.59. The van der Waals surface area contributed by atoms with Crippen LogP contribution < -0.4 is 5.32 Å². The van der Waals surface area contributed by atoms with Crippen molar-refractivity contribution in [1.82, 2.24) is 24.8 Å². The summed E-state index contributed by atoms with van der Waals surface area (Å²) in [6.07, 6.45) is 3.29. The minimum atomic E-state index is -0.162. The average molecular weight is 376 g/mol. The number of rotatable bonds is 3. The molecule has 1 N–H and O–H groups in total. The fraction of sp³-hybridized carbons (Fsp3) is 0.250. The Kier molecular flexibility index (Phi) is 4.84. The van der Waals surface area contributed by atoms with Gasteiger partial charge in [0.25, 0.3) is 5.91 Å². The van der Waals surface area contributed by atoms with Crippen LogP contribution in [0.25, 0.3) is 10.9 Å². The highest BCUT2D eigenvalue weighted by molar-refractivity contribution is 5.94. The SMILES string of the molecule is CC(=O)N1CCN(C(=O)c2ccnc(Nc3cccc4cccnc34)n2)CC1. The average Bonchev–Trinajstić information content (AvgIpc) is 2.74. The number of anilines is 2. The van der Waals surface area contributed by atoms with E-state index in [0.717, 1.165) is 16.6 Å². The Morgan fingerprint density at radius 2 is 1.68 bits per heavy atom. The number of carbonyl (C=O) groups is 2. The Morgan fingerprint density at radius 1 is 0.929 bits per heavy atom. The van der Waals surface area contributed by atoms with Gasteiger partial charge in [-0.1, -0.05) is 18.2 Å². The molecule has 3 heterocycles. The van der Waals surface area contributed by atoms with Crippen LogP contribution in [0.5, 0.6) is 0 Å². The maximum Gasteiger partial charge on any atom is 0.272 e. The highest BCUT2D eigenvalue weighted by Gasteiger charge is 2.24. The van der Waals surface area contributed by atoms with Crippen LogP contribution in [-0.4, -0.2) is 62.7 Å². The topological polar surface area (TPSA) is 91.3 Å². The molecular weight excluding hydrogens is 356 g/mol. The lowest BCUT2D eigenvalue weighted by atomic mass is 10.2. The van der Waals surface area contributed by atoms with Gasteiger partial charge in [0, 0.05) is 50.9 Å². The normalized spacial score (nSPS) is 14.2. The number of carbonyl (C=O) groups excluding carboxylic acids is 2.